The predicted molar refractivity (Wildman–Crippen MR) is 68.1 cm³/mol. The number of pyridine rings is 1. The smallest absolute Gasteiger partial charge is 0.326 e. The Morgan fingerprint density at radius 3 is 2.74 bits per heavy atom. The van der Waals surface area contributed by atoms with E-state index in [1.807, 2.05) is 0 Å². The number of nitrogens with one attached hydrogen (secondary N) is 1. The van der Waals surface area contributed by atoms with Gasteiger partial charge in [0.1, 0.15) is 11.6 Å². The van der Waals surface area contributed by atoms with Gasteiger partial charge in [0, 0.05) is 12.2 Å². The molecule has 0 spiro atoms. The number of aromatic nitrogens is 1. The third kappa shape index (κ3) is 2.67. The maximum absolute atomic E-state index is 12.3. The molecule has 0 aliphatic carbocycles. The van der Waals surface area contributed by atoms with E-state index in [4.69, 9.17) is 5.11 Å². The fourth-order valence-electron chi connectivity index (χ4n) is 2.33. The first kappa shape index (κ1) is 13.3. The second kappa shape index (κ2) is 5.26. The number of rotatable bonds is 2. The molecule has 2 N–H and O–H groups in total. The molecule has 102 valence electrons. The van der Waals surface area contributed by atoms with E-state index >= 15 is 0 Å². The standard InChI is InChI=1S/C13H16N2O4/c1-8-5-6-9(11(16)14-8)12(17)15-7-3-2-4-10(15)13(18)19/h5-6,10H,2-4,7H2,1H3,(H,14,16)(H,18,19)/t10-/m1/s1. The molecule has 1 aliphatic rings. The number of likely N-dealkylation sites (tertiary alicyclic amines) is 1. The van der Waals surface area contributed by atoms with Crippen LogP contribution >= 0.6 is 0 Å². The van der Waals surface area contributed by atoms with E-state index < -0.39 is 23.5 Å². The number of carboxylic acids is 1. The molecule has 0 bridgehead atoms. The molecule has 0 radical (unpaired) electrons. The minimum atomic E-state index is -1.02. The summed E-state index contributed by atoms with van der Waals surface area (Å²) in [5.41, 5.74) is 0.188. The van der Waals surface area contributed by atoms with Crippen molar-refractivity contribution in [1.82, 2.24) is 9.88 Å². The summed E-state index contributed by atoms with van der Waals surface area (Å²) >= 11 is 0. The molecular formula is C13H16N2O4. The molecule has 1 fully saturated rings. The van der Waals surface area contributed by atoms with Crippen LogP contribution in [-0.2, 0) is 4.79 Å². The number of nitrogens with zero attached hydrogens (tertiary/aromatic N) is 1. The van der Waals surface area contributed by atoms with Crippen molar-refractivity contribution in [2.45, 2.75) is 32.2 Å². The number of carboxylic acid groups (broad SMARTS) is 1. The summed E-state index contributed by atoms with van der Waals surface area (Å²) in [6.07, 6.45) is 1.98. The number of aromatic amines is 1. The number of carbonyl (C=O) groups excluding carboxylic acids is 1. The van der Waals surface area contributed by atoms with Gasteiger partial charge in [-0.05, 0) is 38.3 Å². The number of aliphatic carboxylic acids is 1. The minimum Gasteiger partial charge on any atom is -0.480 e. The van der Waals surface area contributed by atoms with E-state index in [1.54, 1.807) is 13.0 Å². The van der Waals surface area contributed by atoms with Crippen molar-refractivity contribution in [1.29, 1.82) is 0 Å². The van der Waals surface area contributed by atoms with Crippen molar-refractivity contribution in [3.8, 4) is 0 Å². The fourth-order valence-corrected chi connectivity index (χ4v) is 2.33. The molecular weight excluding hydrogens is 248 g/mol. The van der Waals surface area contributed by atoms with E-state index in [2.05, 4.69) is 4.98 Å². The van der Waals surface area contributed by atoms with Crippen molar-refractivity contribution in [3.63, 3.8) is 0 Å². The van der Waals surface area contributed by atoms with Gasteiger partial charge in [0.15, 0.2) is 0 Å². The molecule has 0 saturated carbocycles. The summed E-state index contributed by atoms with van der Waals surface area (Å²) in [6.45, 7) is 2.10. The molecule has 1 atom stereocenters. The Kier molecular flexibility index (Phi) is 3.69. The van der Waals surface area contributed by atoms with Gasteiger partial charge in [0.25, 0.3) is 11.5 Å². The van der Waals surface area contributed by atoms with Crippen molar-refractivity contribution in [2.75, 3.05) is 6.54 Å². The van der Waals surface area contributed by atoms with Crippen molar-refractivity contribution >= 4 is 11.9 Å². The van der Waals surface area contributed by atoms with Gasteiger partial charge >= 0.3 is 5.97 Å². The van der Waals surface area contributed by atoms with Crippen LogP contribution in [0.4, 0.5) is 0 Å². The zero-order valence-corrected chi connectivity index (χ0v) is 10.7. The quantitative estimate of drug-likeness (QED) is 0.825. The molecule has 1 saturated heterocycles. The van der Waals surface area contributed by atoms with Crippen molar-refractivity contribution in [2.24, 2.45) is 0 Å². The van der Waals surface area contributed by atoms with E-state index in [1.165, 1.54) is 11.0 Å². The Morgan fingerprint density at radius 2 is 2.11 bits per heavy atom. The number of aryl methyl sites for hydroxylation is 1. The van der Waals surface area contributed by atoms with Crippen LogP contribution in [0, 0.1) is 6.92 Å². The highest BCUT2D eigenvalue weighted by atomic mass is 16.4. The number of amides is 1. The van der Waals surface area contributed by atoms with Gasteiger partial charge in [-0.25, -0.2) is 4.79 Å². The Hall–Kier alpha value is -2.11. The van der Waals surface area contributed by atoms with Crippen LogP contribution in [0.25, 0.3) is 0 Å². The van der Waals surface area contributed by atoms with Crippen molar-refractivity contribution < 1.29 is 14.7 Å². The average molecular weight is 264 g/mol. The zero-order valence-electron chi connectivity index (χ0n) is 10.7. The monoisotopic (exact) mass is 264 g/mol. The van der Waals surface area contributed by atoms with Gasteiger partial charge in [-0.3, -0.25) is 9.59 Å². The second-order valence-corrected chi connectivity index (χ2v) is 4.73. The van der Waals surface area contributed by atoms with E-state index in [0.717, 1.165) is 12.8 Å². The number of hydrogen-bond acceptors (Lipinski definition) is 3. The van der Waals surface area contributed by atoms with Crippen LogP contribution in [0.2, 0.25) is 0 Å². The molecule has 0 aromatic carbocycles. The van der Waals surface area contributed by atoms with Crippen LogP contribution in [0.1, 0.15) is 35.3 Å². The predicted octanol–water partition coefficient (Wildman–Crippen LogP) is 0.763. The summed E-state index contributed by atoms with van der Waals surface area (Å²) in [6, 6.07) is 2.25. The highest BCUT2D eigenvalue weighted by Crippen LogP contribution is 2.19. The summed E-state index contributed by atoms with van der Waals surface area (Å²) in [5, 5.41) is 9.14. The summed E-state index contributed by atoms with van der Waals surface area (Å²) in [5.74, 6) is -1.52. The lowest BCUT2D eigenvalue weighted by Crippen LogP contribution is -2.49. The first-order valence-electron chi connectivity index (χ1n) is 6.24. The molecule has 2 heterocycles. The lowest BCUT2D eigenvalue weighted by atomic mass is 10.0. The van der Waals surface area contributed by atoms with Gasteiger partial charge in [-0.15, -0.1) is 0 Å². The molecule has 0 unspecified atom stereocenters. The number of carbonyl (C=O) groups is 2. The largest absolute Gasteiger partial charge is 0.480 e. The fraction of sp³-hybridized carbons (Fsp3) is 0.462. The maximum Gasteiger partial charge on any atom is 0.326 e. The van der Waals surface area contributed by atoms with E-state index in [9.17, 15) is 14.4 Å². The van der Waals surface area contributed by atoms with E-state index in [-0.39, 0.29) is 5.56 Å². The number of H-pyrrole nitrogens is 1. The number of hydrogen-bond donors (Lipinski definition) is 2. The number of piperidine rings is 1. The Labute approximate surface area is 110 Å². The highest BCUT2D eigenvalue weighted by Gasteiger charge is 2.33. The molecule has 1 amide bonds. The molecule has 1 aliphatic heterocycles. The van der Waals surface area contributed by atoms with Gasteiger partial charge in [0.05, 0.1) is 0 Å². The summed E-state index contributed by atoms with van der Waals surface area (Å²) in [4.78, 5) is 39.0. The van der Waals surface area contributed by atoms with Gasteiger partial charge < -0.3 is 15.0 Å². The Balaban J connectivity index is 2.31. The minimum absolute atomic E-state index is 0.00116. The third-order valence-corrected chi connectivity index (χ3v) is 3.33. The molecule has 6 nitrogen and oxygen atoms in total. The van der Waals surface area contributed by atoms with E-state index in [0.29, 0.717) is 18.7 Å². The average Bonchev–Trinajstić information content (AvgIpc) is 2.38. The maximum atomic E-state index is 12.3. The van der Waals surface area contributed by atoms with Gasteiger partial charge in [-0.1, -0.05) is 0 Å². The first-order valence-corrected chi connectivity index (χ1v) is 6.24. The lowest BCUT2D eigenvalue weighted by molar-refractivity contribution is -0.143. The first-order chi connectivity index (χ1) is 9.00. The highest BCUT2D eigenvalue weighted by molar-refractivity contribution is 5.96. The molecule has 2 rings (SSSR count). The van der Waals surface area contributed by atoms with Crippen LogP contribution in [0.5, 0.6) is 0 Å². The van der Waals surface area contributed by atoms with Crippen LogP contribution in [-0.4, -0.2) is 39.5 Å². The zero-order chi connectivity index (χ0) is 14.0. The topological polar surface area (TPSA) is 90.5 Å². The molecule has 19 heavy (non-hydrogen) atoms. The molecule has 6 heteroatoms. The summed E-state index contributed by atoms with van der Waals surface area (Å²) in [7, 11) is 0. The Morgan fingerprint density at radius 1 is 1.37 bits per heavy atom. The second-order valence-electron chi connectivity index (χ2n) is 4.73. The van der Waals surface area contributed by atoms with Crippen molar-refractivity contribution in [3.05, 3.63) is 33.7 Å². The summed E-state index contributed by atoms with van der Waals surface area (Å²) < 4.78 is 0. The SMILES string of the molecule is Cc1ccc(C(=O)N2CCCC[C@@H]2C(=O)O)c(=O)[nH]1. The van der Waals surface area contributed by atoms with Crippen LogP contribution in [0.3, 0.4) is 0 Å². The Bertz CT molecular complexity index is 564. The normalized spacial score (nSPS) is 19.2. The van der Waals surface area contributed by atoms with Crippen LogP contribution < -0.4 is 5.56 Å². The third-order valence-electron chi connectivity index (χ3n) is 3.33. The molecule has 1 aromatic rings. The van der Waals surface area contributed by atoms with Gasteiger partial charge in [-0.2, -0.15) is 0 Å². The lowest BCUT2D eigenvalue weighted by Gasteiger charge is -2.32. The van der Waals surface area contributed by atoms with Gasteiger partial charge in [0.2, 0.25) is 0 Å². The van der Waals surface area contributed by atoms with Crippen LogP contribution in [0.15, 0.2) is 16.9 Å². The molecule has 1 aromatic heterocycles.